The minimum atomic E-state index is -0.488. The van der Waals surface area contributed by atoms with Gasteiger partial charge in [0, 0.05) is 6.20 Å². The molecule has 5 nitrogen and oxygen atoms in total. The monoisotopic (exact) mass is 205 g/mol. The van der Waals surface area contributed by atoms with Crippen LogP contribution in [-0.4, -0.2) is 15.9 Å². The van der Waals surface area contributed by atoms with E-state index < -0.39 is 4.92 Å². The van der Waals surface area contributed by atoms with E-state index in [0.717, 1.165) is 0 Å². The van der Waals surface area contributed by atoms with Gasteiger partial charge in [-0.15, -0.1) is 6.42 Å². The molecule has 1 rings (SSSR count). The highest BCUT2D eigenvalue weighted by molar-refractivity contribution is 5.60. The number of hydrogen-bond acceptors (Lipinski definition) is 4. The standard InChI is InChI=1S/C10H11N3O2/c1-3-8(4-2)12-9-5-6-11-7-10(9)13(14)15/h1,5-8H,4H2,2H3,(H,11,12). The molecule has 1 aromatic rings. The molecule has 0 saturated carbocycles. The highest BCUT2D eigenvalue weighted by atomic mass is 16.6. The molecule has 0 aliphatic heterocycles. The van der Waals surface area contributed by atoms with Crippen LogP contribution in [-0.2, 0) is 0 Å². The van der Waals surface area contributed by atoms with Gasteiger partial charge in [-0.1, -0.05) is 12.8 Å². The largest absolute Gasteiger partial charge is 0.366 e. The summed E-state index contributed by atoms with van der Waals surface area (Å²) in [5, 5.41) is 13.6. The number of nitrogens with one attached hydrogen (secondary N) is 1. The van der Waals surface area contributed by atoms with Crippen LogP contribution in [0.5, 0.6) is 0 Å². The second kappa shape index (κ2) is 4.96. The molecule has 78 valence electrons. The van der Waals surface area contributed by atoms with Crippen molar-refractivity contribution in [1.29, 1.82) is 0 Å². The zero-order valence-corrected chi connectivity index (χ0v) is 8.30. The van der Waals surface area contributed by atoms with E-state index in [0.29, 0.717) is 12.1 Å². The number of terminal acetylenes is 1. The normalized spacial score (nSPS) is 11.5. The van der Waals surface area contributed by atoms with Crippen molar-refractivity contribution in [2.75, 3.05) is 5.32 Å². The maximum Gasteiger partial charge on any atom is 0.310 e. The summed E-state index contributed by atoms with van der Waals surface area (Å²) >= 11 is 0. The van der Waals surface area contributed by atoms with E-state index in [-0.39, 0.29) is 11.7 Å². The molecule has 0 saturated heterocycles. The molecule has 15 heavy (non-hydrogen) atoms. The molecule has 0 radical (unpaired) electrons. The predicted molar refractivity (Wildman–Crippen MR) is 57.4 cm³/mol. The summed E-state index contributed by atoms with van der Waals surface area (Å²) in [6, 6.07) is 1.34. The van der Waals surface area contributed by atoms with E-state index >= 15 is 0 Å². The number of nitro groups is 1. The van der Waals surface area contributed by atoms with Crippen molar-refractivity contribution in [2.24, 2.45) is 0 Å². The molecule has 1 aromatic heterocycles. The van der Waals surface area contributed by atoms with Crippen LogP contribution in [0.15, 0.2) is 18.5 Å². The molecule has 0 fully saturated rings. The van der Waals surface area contributed by atoms with Crippen LogP contribution in [0.25, 0.3) is 0 Å². The van der Waals surface area contributed by atoms with Crippen LogP contribution >= 0.6 is 0 Å². The Morgan fingerprint density at radius 2 is 2.53 bits per heavy atom. The smallest absolute Gasteiger partial charge is 0.310 e. The molecular formula is C10H11N3O2. The van der Waals surface area contributed by atoms with Gasteiger partial charge in [0.15, 0.2) is 0 Å². The van der Waals surface area contributed by atoms with E-state index in [1.54, 1.807) is 0 Å². The second-order valence-electron chi connectivity index (χ2n) is 2.92. The van der Waals surface area contributed by atoms with E-state index in [1.165, 1.54) is 18.5 Å². The van der Waals surface area contributed by atoms with Crippen molar-refractivity contribution < 1.29 is 4.92 Å². The SMILES string of the molecule is C#CC(CC)Nc1ccncc1[N+](=O)[O-]. The fraction of sp³-hybridized carbons (Fsp3) is 0.300. The molecule has 5 heteroatoms. The van der Waals surface area contributed by atoms with Crippen molar-refractivity contribution in [3.63, 3.8) is 0 Å². The van der Waals surface area contributed by atoms with Crippen LogP contribution in [0.1, 0.15) is 13.3 Å². The summed E-state index contributed by atoms with van der Waals surface area (Å²) in [6.07, 6.45) is 8.65. The zero-order valence-electron chi connectivity index (χ0n) is 8.30. The summed E-state index contributed by atoms with van der Waals surface area (Å²) in [5.41, 5.74) is 0.339. The van der Waals surface area contributed by atoms with Gasteiger partial charge >= 0.3 is 5.69 Å². The Morgan fingerprint density at radius 3 is 3.07 bits per heavy atom. The topological polar surface area (TPSA) is 68.1 Å². The number of rotatable bonds is 4. The lowest BCUT2D eigenvalue weighted by Crippen LogP contribution is -2.16. The molecule has 0 amide bonds. The van der Waals surface area contributed by atoms with Gasteiger partial charge in [0.25, 0.3) is 0 Å². The molecule has 0 bridgehead atoms. The molecule has 0 aromatic carbocycles. The average molecular weight is 205 g/mol. The minimum Gasteiger partial charge on any atom is -0.366 e. The molecule has 1 unspecified atom stereocenters. The molecule has 1 N–H and O–H groups in total. The third-order valence-corrected chi connectivity index (χ3v) is 1.94. The Labute approximate surface area is 87.7 Å². The quantitative estimate of drug-likeness (QED) is 0.462. The first-order chi connectivity index (χ1) is 7.19. The lowest BCUT2D eigenvalue weighted by atomic mass is 10.2. The number of nitrogens with zero attached hydrogens (tertiary/aromatic N) is 2. The van der Waals surface area contributed by atoms with Gasteiger partial charge in [0.1, 0.15) is 11.9 Å². The predicted octanol–water partition coefficient (Wildman–Crippen LogP) is 1.81. The number of anilines is 1. The lowest BCUT2D eigenvalue weighted by Gasteiger charge is -2.11. The lowest BCUT2D eigenvalue weighted by molar-refractivity contribution is -0.384. The van der Waals surface area contributed by atoms with Crippen molar-refractivity contribution in [3.8, 4) is 12.3 Å². The molecule has 1 heterocycles. The molecule has 0 aliphatic rings. The van der Waals surface area contributed by atoms with Gasteiger partial charge in [-0.2, -0.15) is 0 Å². The van der Waals surface area contributed by atoms with Crippen LogP contribution in [0.3, 0.4) is 0 Å². The molecular weight excluding hydrogens is 194 g/mol. The Balaban J connectivity index is 2.94. The van der Waals surface area contributed by atoms with Crippen LogP contribution in [0, 0.1) is 22.5 Å². The third kappa shape index (κ3) is 2.68. The summed E-state index contributed by atoms with van der Waals surface area (Å²) in [5.74, 6) is 2.51. The fourth-order valence-electron chi connectivity index (χ4n) is 1.10. The van der Waals surface area contributed by atoms with Crippen molar-refractivity contribution in [2.45, 2.75) is 19.4 Å². The Bertz CT molecular complexity index is 398. The van der Waals surface area contributed by atoms with E-state index in [2.05, 4.69) is 16.2 Å². The van der Waals surface area contributed by atoms with E-state index in [4.69, 9.17) is 6.42 Å². The number of hydrogen-bond donors (Lipinski definition) is 1. The van der Waals surface area contributed by atoms with E-state index in [1.807, 2.05) is 6.92 Å². The fourth-order valence-corrected chi connectivity index (χ4v) is 1.10. The first-order valence-corrected chi connectivity index (χ1v) is 4.50. The Morgan fingerprint density at radius 1 is 1.80 bits per heavy atom. The van der Waals surface area contributed by atoms with Crippen LogP contribution < -0.4 is 5.32 Å². The summed E-state index contributed by atoms with van der Waals surface area (Å²) in [6.45, 7) is 1.91. The summed E-state index contributed by atoms with van der Waals surface area (Å²) in [7, 11) is 0. The van der Waals surface area contributed by atoms with Gasteiger partial charge in [0.2, 0.25) is 0 Å². The van der Waals surface area contributed by atoms with Gasteiger partial charge in [-0.25, -0.2) is 0 Å². The van der Waals surface area contributed by atoms with Crippen molar-refractivity contribution in [1.82, 2.24) is 4.98 Å². The highest BCUT2D eigenvalue weighted by Crippen LogP contribution is 2.22. The van der Waals surface area contributed by atoms with Gasteiger partial charge in [-0.3, -0.25) is 15.1 Å². The molecule has 0 spiro atoms. The van der Waals surface area contributed by atoms with E-state index in [9.17, 15) is 10.1 Å². The Hall–Kier alpha value is -2.09. The number of pyridine rings is 1. The molecule has 1 atom stereocenters. The summed E-state index contributed by atoms with van der Waals surface area (Å²) in [4.78, 5) is 13.9. The first kappa shape index (κ1) is 11.0. The molecule has 0 aliphatic carbocycles. The maximum absolute atomic E-state index is 10.7. The first-order valence-electron chi connectivity index (χ1n) is 4.50. The van der Waals surface area contributed by atoms with Crippen molar-refractivity contribution in [3.05, 3.63) is 28.6 Å². The third-order valence-electron chi connectivity index (χ3n) is 1.94. The summed E-state index contributed by atoms with van der Waals surface area (Å²) < 4.78 is 0. The van der Waals surface area contributed by atoms with Gasteiger partial charge in [0.05, 0.1) is 11.0 Å². The van der Waals surface area contributed by atoms with Crippen molar-refractivity contribution >= 4 is 11.4 Å². The number of aromatic nitrogens is 1. The minimum absolute atomic E-state index is 0.0637. The van der Waals surface area contributed by atoms with Gasteiger partial charge < -0.3 is 5.32 Å². The van der Waals surface area contributed by atoms with Crippen LogP contribution in [0.2, 0.25) is 0 Å². The van der Waals surface area contributed by atoms with Crippen LogP contribution in [0.4, 0.5) is 11.4 Å². The highest BCUT2D eigenvalue weighted by Gasteiger charge is 2.14. The van der Waals surface area contributed by atoms with Gasteiger partial charge in [-0.05, 0) is 12.5 Å². The maximum atomic E-state index is 10.7. The average Bonchev–Trinajstić information content (AvgIpc) is 2.26. The second-order valence-corrected chi connectivity index (χ2v) is 2.92. The zero-order chi connectivity index (χ0) is 11.3. The Kier molecular flexibility index (Phi) is 3.63.